The van der Waals surface area contributed by atoms with E-state index in [1.54, 1.807) is 45.9 Å². The number of hydrogen-bond donors (Lipinski definition) is 7. The molecule has 1 aromatic heterocycles. The number of para-hydroxylation sites is 1. The van der Waals surface area contributed by atoms with Gasteiger partial charge in [0.1, 0.15) is 17.6 Å². The number of aromatic nitrogens is 2. The number of carbonyl (C=O) groups is 4. The number of ether oxygens (including phenoxy) is 4. The quantitative estimate of drug-likeness (QED) is 0.145. The SMILES string of the molecule is COC1/C=C/OC2(C)Oc3c(C)c(O)c4c(c3C2=O)C(=O)/C(=C/Nn2c(=O)[nH]c3ccccc3c2=O)C(=C4O)NC(=O)/C(C)=C\C=C\C(C)C(O)C(C)C(O)C(C)C(OC(C)=O)C1C. The molecular weight excluding hydrogens is 833 g/mol. The van der Waals surface area contributed by atoms with Crippen molar-refractivity contribution in [2.45, 2.75) is 85.6 Å². The second-order valence-electron chi connectivity index (χ2n) is 16.5. The number of methoxy groups -OCH3 is 1. The molecule has 1 aliphatic carbocycles. The van der Waals surface area contributed by atoms with E-state index in [1.807, 2.05) is 0 Å². The number of aliphatic hydroxyl groups is 3. The van der Waals surface area contributed by atoms with Crippen LogP contribution in [-0.2, 0) is 23.8 Å². The van der Waals surface area contributed by atoms with Gasteiger partial charge in [-0.1, -0.05) is 58.1 Å². The summed E-state index contributed by atoms with van der Waals surface area (Å²) in [7, 11) is 1.39. The Kier molecular flexibility index (Phi) is 13.3. The number of aromatic amines is 1. The molecule has 18 nitrogen and oxygen atoms in total. The second kappa shape index (κ2) is 18.1. The number of Topliss-reactive ketones (excluding diaryl/α,β-unsaturated/α-hetero) is 2. The fourth-order valence-electron chi connectivity index (χ4n) is 8.28. The number of ketones is 2. The van der Waals surface area contributed by atoms with Crippen molar-refractivity contribution in [2.75, 3.05) is 12.5 Å². The summed E-state index contributed by atoms with van der Waals surface area (Å²) in [5.41, 5.74) is -1.57. The molecule has 7 rings (SSSR count). The second-order valence-corrected chi connectivity index (χ2v) is 16.5. The number of carbonyl (C=O) groups excluding carboxylic acids is 4. The van der Waals surface area contributed by atoms with Crippen LogP contribution in [0.15, 0.2) is 87.5 Å². The number of nitrogens with one attached hydrogen (secondary N) is 3. The maximum absolute atomic E-state index is 14.8. The van der Waals surface area contributed by atoms with E-state index in [0.717, 1.165) is 12.5 Å². The van der Waals surface area contributed by atoms with E-state index in [0.29, 0.717) is 4.68 Å². The molecular formula is C46H52N4O14. The fourth-order valence-corrected chi connectivity index (χ4v) is 8.28. The van der Waals surface area contributed by atoms with E-state index >= 15 is 0 Å². The molecule has 9 unspecified atom stereocenters. The van der Waals surface area contributed by atoms with E-state index in [-0.39, 0.29) is 33.4 Å². The number of phenols is 1. The van der Waals surface area contributed by atoms with Crippen LogP contribution in [0.2, 0.25) is 0 Å². The van der Waals surface area contributed by atoms with E-state index in [1.165, 1.54) is 65.2 Å². The van der Waals surface area contributed by atoms with Crippen LogP contribution in [0.5, 0.6) is 11.5 Å². The topological polar surface area (TPSA) is 265 Å². The number of benzene rings is 2. The van der Waals surface area contributed by atoms with Crippen LogP contribution in [0.1, 0.15) is 80.3 Å². The van der Waals surface area contributed by atoms with Gasteiger partial charge in [-0.15, -0.1) is 0 Å². The third-order valence-corrected chi connectivity index (χ3v) is 12.2. The molecule has 9 atom stereocenters. The van der Waals surface area contributed by atoms with Gasteiger partial charge in [0.05, 0.1) is 63.4 Å². The number of nitrogens with zero attached hydrogens (tertiary/aromatic N) is 1. The van der Waals surface area contributed by atoms with Crippen molar-refractivity contribution in [3.63, 3.8) is 0 Å². The number of H-pyrrole nitrogens is 1. The largest absolute Gasteiger partial charge is 0.507 e. The molecule has 1 amide bonds. The lowest BCUT2D eigenvalue weighted by Gasteiger charge is -2.38. The van der Waals surface area contributed by atoms with Crippen molar-refractivity contribution in [2.24, 2.45) is 23.7 Å². The highest BCUT2D eigenvalue weighted by molar-refractivity contribution is 6.26. The summed E-state index contributed by atoms with van der Waals surface area (Å²) < 4.78 is 24.0. The van der Waals surface area contributed by atoms with Crippen molar-refractivity contribution < 1.29 is 58.6 Å². The predicted octanol–water partition coefficient (Wildman–Crippen LogP) is 3.92. The fraction of sp³-hybridized carbons (Fsp3) is 0.391. The summed E-state index contributed by atoms with van der Waals surface area (Å²) >= 11 is 0. The van der Waals surface area contributed by atoms with Crippen molar-refractivity contribution in [1.29, 1.82) is 0 Å². The average molecular weight is 885 g/mol. The van der Waals surface area contributed by atoms with Crippen molar-refractivity contribution in [3.05, 3.63) is 121 Å². The van der Waals surface area contributed by atoms with Gasteiger partial charge in [0.2, 0.25) is 0 Å². The van der Waals surface area contributed by atoms with E-state index in [4.69, 9.17) is 18.9 Å². The number of aliphatic hydroxyl groups excluding tert-OH is 3. The van der Waals surface area contributed by atoms with Crippen LogP contribution >= 0.6 is 0 Å². The van der Waals surface area contributed by atoms with Gasteiger partial charge in [-0.25, -0.2) is 4.79 Å². The van der Waals surface area contributed by atoms with Crippen LogP contribution in [0.4, 0.5) is 0 Å². The van der Waals surface area contributed by atoms with Crippen LogP contribution in [-0.4, -0.2) is 90.8 Å². The smallest absolute Gasteiger partial charge is 0.348 e. The third kappa shape index (κ3) is 8.38. The normalized spacial score (nSPS) is 30.3. The molecule has 0 saturated heterocycles. The summed E-state index contributed by atoms with van der Waals surface area (Å²) in [6, 6.07) is 6.18. The van der Waals surface area contributed by atoms with Gasteiger partial charge < -0.3 is 49.7 Å². The minimum atomic E-state index is -2.18. The summed E-state index contributed by atoms with van der Waals surface area (Å²) in [4.78, 5) is 84.6. The van der Waals surface area contributed by atoms with Gasteiger partial charge in [0.25, 0.3) is 17.2 Å². The Morgan fingerprint density at radius 3 is 2.30 bits per heavy atom. The Morgan fingerprint density at radius 2 is 1.62 bits per heavy atom. The molecule has 340 valence electrons. The Labute approximate surface area is 367 Å². The number of phenolic OH excluding ortho intramolecular Hbond substituents is 1. The first kappa shape index (κ1) is 46.7. The average Bonchev–Trinajstić information content (AvgIpc) is 3.52. The highest BCUT2D eigenvalue weighted by Crippen LogP contribution is 2.50. The van der Waals surface area contributed by atoms with Crippen molar-refractivity contribution in [1.82, 2.24) is 15.0 Å². The van der Waals surface area contributed by atoms with Crippen molar-refractivity contribution in [3.8, 4) is 11.5 Å². The maximum atomic E-state index is 14.8. The monoisotopic (exact) mass is 884 g/mol. The molecule has 4 heterocycles. The lowest BCUT2D eigenvalue weighted by molar-refractivity contribution is -0.160. The first-order valence-corrected chi connectivity index (χ1v) is 20.5. The third-order valence-electron chi connectivity index (χ3n) is 12.2. The molecule has 0 fully saturated rings. The molecule has 18 heteroatoms. The van der Waals surface area contributed by atoms with Gasteiger partial charge in [-0.3, -0.25) is 29.4 Å². The van der Waals surface area contributed by atoms with E-state index in [2.05, 4.69) is 15.7 Å². The Hall–Kier alpha value is -6.76. The Bertz CT molecular complexity index is 2710. The summed E-state index contributed by atoms with van der Waals surface area (Å²) in [5.74, 6) is -10.1. The van der Waals surface area contributed by atoms with Gasteiger partial charge in [0.15, 0.2) is 11.5 Å². The lowest BCUT2D eigenvalue weighted by Crippen LogP contribution is -2.46. The number of fused-ring (bicyclic) bond motifs is 15. The van der Waals surface area contributed by atoms with Gasteiger partial charge >= 0.3 is 17.4 Å². The Balaban J connectivity index is 1.53. The number of rotatable bonds is 4. The molecule has 3 aliphatic heterocycles. The predicted molar refractivity (Wildman–Crippen MR) is 233 cm³/mol. The highest BCUT2D eigenvalue weighted by atomic mass is 16.7. The summed E-state index contributed by atoms with van der Waals surface area (Å²) in [6.07, 6.45) is 3.82. The number of allylic oxidation sites excluding steroid dienone is 3. The minimum Gasteiger partial charge on any atom is -0.507 e. The first-order valence-electron chi connectivity index (χ1n) is 20.5. The number of aromatic hydroxyl groups is 1. The molecule has 0 spiro atoms. The summed E-state index contributed by atoms with van der Waals surface area (Å²) in [6.45, 7) is 12.0. The zero-order valence-electron chi connectivity index (χ0n) is 36.7. The molecule has 0 radical (unpaired) electrons. The lowest BCUT2D eigenvalue weighted by atomic mass is 9.78. The molecule has 5 bridgehead atoms. The highest BCUT2D eigenvalue weighted by Gasteiger charge is 2.52. The van der Waals surface area contributed by atoms with Crippen LogP contribution in [0.3, 0.4) is 0 Å². The zero-order valence-corrected chi connectivity index (χ0v) is 36.7. The Morgan fingerprint density at radius 1 is 0.938 bits per heavy atom. The number of esters is 1. The number of amides is 1. The molecule has 3 aromatic rings. The molecule has 4 aliphatic rings. The zero-order chi connectivity index (χ0) is 47.1. The van der Waals surface area contributed by atoms with Gasteiger partial charge in [0, 0.05) is 62.0 Å². The summed E-state index contributed by atoms with van der Waals surface area (Å²) in [5, 5.41) is 49.1. The van der Waals surface area contributed by atoms with Gasteiger partial charge in [-0.2, -0.15) is 4.68 Å². The molecule has 7 N–H and O–H groups in total. The van der Waals surface area contributed by atoms with Crippen LogP contribution in [0.25, 0.3) is 16.7 Å². The number of hydrogen-bond acceptors (Lipinski definition) is 15. The maximum Gasteiger partial charge on any atom is 0.348 e. The van der Waals surface area contributed by atoms with E-state index in [9.17, 15) is 49.2 Å². The van der Waals surface area contributed by atoms with Gasteiger partial charge in [-0.05, 0) is 32.1 Å². The molecule has 2 aromatic carbocycles. The minimum absolute atomic E-state index is 0.0342. The van der Waals surface area contributed by atoms with Crippen LogP contribution in [0, 0.1) is 30.6 Å². The van der Waals surface area contributed by atoms with Crippen molar-refractivity contribution >= 4 is 40.1 Å². The van der Waals surface area contributed by atoms with E-state index < -0.39 is 122 Å². The van der Waals surface area contributed by atoms with Crippen LogP contribution < -0.4 is 26.7 Å². The first-order chi connectivity index (χ1) is 30.1. The molecule has 0 saturated carbocycles. The molecule has 64 heavy (non-hydrogen) atoms. The standard InChI is InChI=1S/C46H52N4O14/c1-20-13-12-14-21(2)43(58)49-34-28(19-47-50-44(59)27-15-10-11-16-29(27)48-45(50)60)38(55)31-32(39(34)56)37(54)25(6)41-33(31)42(57)46(8,64-41)62-18-17-30(61-9)22(3)40(63-26(7)51)24(5)36(53)23(4)35(20)52/h10-20,22-24,30,35-36,40,47,52-54,56H,1-9H3,(H,48,60)(H,49,58)/b13-12+,18-17+,21-14-,28-19+.